The molecule has 0 heterocycles. The Balaban J connectivity index is 1.24. The molecule has 0 saturated heterocycles. The van der Waals surface area contributed by atoms with Crippen LogP contribution in [0.25, 0.3) is 0 Å². The fourth-order valence-corrected chi connectivity index (χ4v) is 5.49. The maximum absolute atomic E-state index is 3.76. The first-order valence-corrected chi connectivity index (χ1v) is 10.0. The fraction of sp³-hybridized carbons (Fsp3) is 1.00. The van der Waals surface area contributed by atoms with E-state index < -0.39 is 0 Å². The van der Waals surface area contributed by atoms with Gasteiger partial charge < -0.3 is 10.6 Å². The molecule has 0 aliphatic heterocycles. The first-order chi connectivity index (χ1) is 10.6. The average Bonchev–Trinajstić information content (AvgIpc) is 2.55. The van der Waals surface area contributed by atoms with Crippen molar-refractivity contribution in [1.29, 1.82) is 0 Å². The van der Waals surface area contributed by atoms with Gasteiger partial charge in [0.1, 0.15) is 0 Å². The van der Waals surface area contributed by atoms with Crippen molar-refractivity contribution < 1.29 is 0 Å². The van der Waals surface area contributed by atoms with E-state index in [9.17, 15) is 0 Å². The Morgan fingerprint density at radius 3 is 2.27 bits per heavy atom. The van der Waals surface area contributed by atoms with Gasteiger partial charge in [0.25, 0.3) is 0 Å². The van der Waals surface area contributed by atoms with Crippen LogP contribution in [0.15, 0.2) is 0 Å². The van der Waals surface area contributed by atoms with Crippen LogP contribution in [0.2, 0.25) is 0 Å². The van der Waals surface area contributed by atoms with E-state index in [1.54, 1.807) is 0 Å². The van der Waals surface area contributed by atoms with E-state index in [0.717, 1.165) is 36.8 Å². The average molecular weight is 307 g/mol. The number of fused-ring (bicyclic) bond motifs is 2. The molecule has 0 aromatic carbocycles. The van der Waals surface area contributed by atoms with Gasteiger partial charge in [0.15, 0.2) is 0 Å². The summed E-state index contributed by atoms with van der Waals surface area (Å²) in [6, 6.07) is 0.713. The molecule has 0 aromatic heterocycles. The zero-order valence-corrected chi connectivity index (χ0v) is 15.2. The lowest BCUT2D eigenvalue weighted by Gasteiger charge is -2.59. The van der Waals surface area contributed by atoms with Gasteiger partial charge in [-0.2, -0.15) is 0 Å². The predicted molar refractivity (Wildman–Crippen MR) is 95.0 cm³/mol. The molecule has 0 amide bonds. The van der Waals surface area contributed by atoms with E-state index in [1.807, 2.05) is 0 Å². The third-order valence-corrected chi connectivity index (χ3v) is 7.47. The number of rotatable bonds is 7. The van der Waals surface area contributed by atoms with Crippen molar-refractivity contribution >= 4 is 0 Å². The Hall–Kier alpha value is -0.0800. The van der Waals surface area contributed by atoms with Gasteiger partial charge in [-0.05, 0) is 74.7 Å². The molecule has 0 aromatic rings. The molecule has 4 atom stereocenters. The number of hydrogen-bond acceptors (Lipinski definition) is 2. The molecule has 2 heteroatoms. The molecule has 0 spiro atoms. The molecule has 4 aliphatic rings. The number of hydrogen-bond donors (Lipinski definition) is 2. The molecule has 1 unspecified atom stereocenters. The van der Waals surface area contributed by atoms with Crippen molar-refractivity contribution in [2.24, 2.45) is 29.1 Å². The minimum absolute atomic E-state index is 0.660. The molecule has 4 saturated carbocycles. The second kappa shape index (κ2) is 7.21. The fourth-order valence-electron chi connectivity index (χ4n) is 5.49. The first kappa shape index (κ1) is 16.8. The Morgan fingerprint density at radius 2 is 1.64 bits per heavy atom. The molecule has 4 fully saturated rings. The largest absolute Gasteiger partial charge is 0.315 e. The SMILES string of the molecule is C[C@H](NCCNCC1C[C@@H]2C[C@H](C1)C2(C)C)C1CCCCC1. The maximum atomic E-state index is 3.76. The van der Waals surface area contributed by atoms with Crippen LogP contribution in [0.1, 0.15) is 72.1 Å². The van der Waals surface area contributed by atoms with E-state index in [1.165, 1.54) is 57.9 Å². The van der Waals surface area contributed by atoms with Crippen LogP contribution in [0, 0.1) is 29.1 Å². The lowest BCUT2D eigenvalue weighted by molar-refractivity contribution is -0.0890. The van der Waals surface area contributed by atoms with E-state index in [4.69, 9.17) is 0 Å². The highest BCUT2D eigenvalue weighted by Crippen LogP contribution is 2.60. The van der Waals surface area contributed by atoms with Gasteiger partial charge in [-0.15, -0.1) is 0 Å². The van der Waals surface area contributed by atoms with Gasteiger partial charge in [0.2, 0.25) is 0 Å². The van der Waals surface area contributed by atoms with Crippen LogP contribution in [-0.4, -0.2) is 25.7 Å². The van der Waals surface area contributed by atoms with Crippen LogP contribution in [0.4, 0.5) is 0 Å². The summed E-state index contributed by atoms with van der Waals surface area (Å²) in [5.74, 6) is 3.92. The van der Waals surface area contributed by atoms with Crippen molar-refractivity contribution in [1.82, 2.24) is 10.6 Å². The zero-order chi connectivity index (χ0) is 15.6. The Morgan fingerprint density at radius 1 is 0.955 bits per heavy atom. The predicted octanol–water partition coefficient (Wildman–Crippen LogP) is 4.21. The number of nitrogens with one attached hydrogen (secondary N) is 2. The summed E-state index contributed by atoms with van der Waals surface area (Å²) in [4.78, 5) is 0. The van der Waals surface area contributed by atoms with Crippen LogP contribution >= 0.6 is 0 Å². The summed E-state index contributed by atoms with van der Waals surface area (Å²) in [6.45, 7) is 10.9. The summed E-state index contributed by atoms with van der Waals surface area (Å²) in [7, 11) is 0. The van der Waals surface area contributed by atoms with Crippen molar-refractivity contribution in [3.63, 3.8) is 0 Å². The van der Waals surface area contributed by atoms with Crippen molar-refractivity contribution in [2.75, 3.05) is 19.6 Å². The second-order valence-corrected chi connectivity index (χ2v) is 9.13. The monoisotopic (exact) mass is 306 g/mol. The molecular formula is C20H38N2. The molecular weight excluding hydrogens is 268 g/mol. The summed E-state index contributed by atoms with van der Waals surface area (Å²) in [5, 5.41) is 7.48. The minimum Gasteiger partial charge on any atom is -0.315 e. The standard InChI is InChI=1S/C20H38N2/c1-15(17-7-5-4-6-8-17)22-10-9-21-14-16-11-18-13-19(12-16)20(18,2)3/h15-19,21-22H,4-14H2,1-3H3/t15-,16?,18-,19+/m0/s1. The lowest BCUT2D eigenvalue weighted by Crippen LogP contribution is -2.52. The van der Waals surface area contributed by atoms with Gasteiger partial charge >= 0.3 is 0 Å². The molecule has 128 valence electrons. The Bertz CT molecular complexity index is 332. The molecule has 2 nitrogen and oxygen atoms in total. The van der Waals surface area contributed by atoms with E-state index in [0.29, 0.717) is 11.5 Å². The van der Waals surface area contributed by atoms with Crippen molar-refractivity contribution in [3.05, 3.63) is 0 Å². The van der Waals surface area contributed by atoms with Crippen LogP contribution in [-0.2, 0) is 0 Å². The Kier molecular flexibility index (Phi) is 5.50. The van der Waals surface area contributed by atoms with Crippen molar-refractivity contribution in [2.45, 2.75) is 78.2 Å². The van der Waals surface area contributed by atoms with Gasteiger partial charge in [-0.3, -0.25) is 0 Å². The smallest absolute Gasteiger partial charge is 0.00793 e. The van der Waals surface area contributed by atoms with Crippen LogP contribution < -0.4 is 10.6 Å². The third-order valence-electron chi connectivity index (χ3n) is 7.47. The van der Waals surface area contributed by atoms with E-state index in [-0.39, 0.29) is 0 Å². The maximum Gasteiger partial charge on any atom is 0.00793 e. The quantitative estimate of drug-likeness (QED) is 0.689. The Labute approximate surface area is 138 Å². The highest BCUT2D eigenvalue weighted by atomic mass is 15.0. The summed E-state index contributed by atoms with van der Waals surface area (Å²) in [6.07, 6.45) is 11.7. The highest BCUT2D eigenvalue weighted by Gasteiger charge is 2.52. The summed E-state index contributed by atoms with van der Waals surface area (Å²) < 4.78 is 0. The molecule has 2 bridgehead atoms. The normalized spacial score (nSPS) is 35.9. The van der Waals surface area contributed by atoms with Crippen LogP contribution in [0.5, 0.6) is 0 Å². The lowest BCUT2D eigenvalue weighted by atomic mass is 9.47. The van der Waals surface area contributed by atoms with E-state index >= 15 is 0 Å². The minimum atomic E-state index is 0.660. The zero-order valence-electron chi connectivity index (χ0n) is 15.2. The topological polar surface area (TPSA) is 24.1 Å². The van der Waals surface area contributed by atoms with Crippen LogP contribution in [0.3, 0.4) is 0 Å². The molecule has 0 radical (unpaired) electrons. The second-order valence-electron chi connectivity index (χ2n) is 9.13. The third kappa shape index (κ3) is 3.70. The van der Waals surface area contributed by atoms with Crippen molar-refractivity contribution in [3.8, 4) is 0 Å². The van der Waals surface area contributed by atoms with Gasteiger partial charge in [0.05, 0.1) is 0 Å². The van der Waals surface area contributed by atoms with E-state index in [2.05, 4.69) is 31.4 Å². The van der Waals surface area contributed by atoms with Gasteiger partial charge in [-0.1, -0.05) is 33.1 Å². The highest BCUT2D eigenvalue weighted by molar-refractivity contribution is 5.02. The summed E-state index contributed by atoms with van der Waals surface area (Å²) >= 11 is 0. The summed E-state index contributed by atoms with van der Waals surface area (Å²) in [5.41, 5.74) is 0.660. The molecule has 2 N–H and O–H groups in total. The molecule has 4 aliphatic carbocycles. The molecule has 22 heavy (non-hydrogen) atoms. The first-order valence-electron chi connectivity index (χ1n) is 10.0. The van der Waals surface area contributed by atoms with Gasteiger partial charge in [0, 0.05) is 19.1 Å². The molecule has 4 rings (SSSR count). The van der Waals surface area contributed by atoms with Gasteiger partial charge in [-0.25, -0.2) is 0 Å².